The molecule has 1 amide bonds. The fraction of sp³-hybridized carbons (Fsp3) is 0. The number of carbonyl (C=O) groups excluding carboxylic acids is 2. The van der Waals surface area contributed by atoms with Gasteiger partial charge in [-0.15, -0.1) is 0 Å². The maximum atomic E-state index is 12.1. The molecule has 1 aliphatic heterocycles. The Kier molecular flexibility index (Phi) is 2.64. The summed E-state index contributed by atoms with van der Waals surface area (Å²) >= 11 is 1.49. The van der Waals surface area contributed by atoms with E-state index in [-0.39, 0.29) is 5.91 Å². The minimum Gasteiger partial charge on any atom is -0.321 e. The molecule has 2 aromatic rings. The van der Waals surface area contributed by atoms with E-state index >= 15 is 0 Å². The van der Waals surface area contributed by atoms with Crippen LogP contribution in [0.3, 0.4) is 0 Å². The minimum atomic E-state index is -0.139. The molecule has 0 spiro atoms. The highest BCUT2D eigenvalue weighted by Crippen LogP contribution is 2.38. The number of aldehydes is 1. The topological polar surface area (TPSA) is 46.2 Å². The largest absolute Gasteiger partial charge is 0.321 e. The van der Waals surface area contributed by atoms with Crippen molar-refractivity contribution in [2.45, 2.75) is 9.79 Å². The van der Waals surface area contributed by atoms with E-state index in [1.807, 2.05) is 24.3 Å². The Morgan fingerprint density at radius 2 is 1.89 bits per heavy atom. The smallest absolute Gasteiger partial charge is 0.256 e. The SMILES string of the molecule is O=Cc1ccc2c(c1)Sc1ccccc1NC2=O. The van der Waals surface area contributed by atoms with Crippen molar-refractivity contribution in [3.8, 4) is 0 Å². The lowest BCUT2D eigenvalue weighted by Crippen LogP contribution is -2.11. The van der Waals surface area contributed by atoms with E-state index in [1.54, 1.807) is 18.2 Å². The first kappa shape index (κ1) is 11.0. The molecule has 18 heavy (non-hydrogen) atoms. The molecule has 0 aromatic heterocycles. The van der Waals surface area contributed by atoms with Gasteiger partial charge < -0.3 is 5.32 Å². The van der Waals surface area contributed by atoms with Crippen LogP contribution in [0.2, 0.25) is 0 Å². The molecule has 0 bridgehead atoms. The number of rotatable bonds is 1. The maximum absolute atomic E-state index is 12.1. The van der Waals surface area contributed by atoms with Gasteiger partial charge in [-0.05, 0) is 24.3 Å². The number of amides is 1. The van der Waals surface area contributed by atoms with Crippen LogP contribution in [0.4, 0.5) is 5.69 Å². The van der Waals surface area contributed by atoms with Crippen molar-refractivity contribution in [2.24, 2.45) is 0 Å². The number of fused-ring (bicyclic) bond motifs is 2. The standard InChI is InChI=1S/C14H9NO2S/c16-8-9-5-6-10-13(7-9)18-12-4-2-1-3-11(12)15-14(10)17/h1-8H,(H,15,17). The third-order valence-corrected chi connectivity index (χ3v) is 3.88. The Balaban J connectivity index is 2.17. The molecule has 0 saturated carbocycles. The number of carbonyl (C=O) groups is 2. The summed E-state index contributed by atoms with van der Waals surface area (Å²) in [6, 6.07) is 12.7. The van der Waals surface area contributed by atoms with Crippen LogP contribution >= 0.6 is 11.8 Å². The Hall–Kier alpha value is -2.07. The fourth-order valence-electron chi connectivity index (χ4n) is 1.85. The monoisotopic (exact) mass is 255 g/mol. The van der Waals surface area contributed by atoms with Crippen LogP contribution in [0.5, 0.6) is 0 Å². The Morgan fingerprint density at radius 1 is 1.06 bits per heavy atom. The number of anilines is 1. The number of nitrogens with one attached hydrogen (secondary N) is 1. The summed E-state index contributed by atoms with van der Waals surface area (Å²) in [5.41, 5.74) is 1.98. The van der Waals surface area contributed by atoms with Gasteiger partial charge in [0.05, 0.1) is 11.3 Å². The fourth-order valence-corrected chi connectivity index (χ4v) is 2.93. The van der Waals surface area contributed by atoms with Gasteiger partial charge in [-0.1, -0.05) is 30.0 Å². The van der Waals surface area contributed by atoms with Gasteiger partial charge in [0.25, 0.3) is 5.91 Å². The summed E-state index contributed by atoms with van der Waals surface area (Å²) in [5, 5.41) is 2.87. The lowest BCUT2D eigenvalue weighted by atomic mass is 10.1. The van der Waals surface area contributed by atoms with Gasteiger partial charge in [-0.25, -0.2) is 0 Å². The van der Waals surface area contributed by atoms with Gasteiger partial charge in [-0.2, -0.15) is 0 Å². The van der Waals surface area contributed by atoms with Gasteiger partial charge in [0, 0.05) is 15.4 Å². The molecule has 2 aromatic carbocycles. The molecule has 0 saturated heterocycles. The van der Waals surface area contributed by atoms with Crippen molar-refractivity contribution >= 4 is 29.6 Å². The van der Waals surface area contributed by atoms with Crippen LogP contribution in [-0.2, 0) is 0 Å². The van der Waals surface area contributed by atoms with Crippen molar-refractivity contribution in [2.75, 3.05) is 5.32 Å². The average Bonchev–Trinajstić information content (AvgIpc) is 2.54. The molecule has 4 heteroatoms. The van der Waals surface area contributed by atoms with Crippen LogP contribution < -0.4 is 5.32 Å². The van der Waals surface area contributed by atoms with Crippen LogP contribution in [0.15, 0.2) is 52.3 Å². The van der Waals surface area contributed by atoms with E-state index in [0.29, 0.717) is 11.1 Å². The molecule has 0 radical (unpaired) electrons. The minimum absolute atomic E-state index is 0.139. The summed E-state index contributed by atoms with van der Waals surface area (Å²) in [6.07, 6.45) is 0.787. The van der Waals surface area contributed by atoms with E-state index in [9.17, 15) is 9.59 Å². The normalized spacial score (nSPS) is 13.0. The molecule has 0 aliphatic carbocycles. The maximum Gasteiger partial charge on any atom is 0.256 e. The second kappa shape index (κ2) is 4.31. The first-order valence-corrected chi connectivity index (χ1v) is 6.27. The second-order valence-corrected chi connectivity index (χ2v) is 5.01. The zero-order chi connectivity index (χ0) is 12.5. The predicted molar refractivity (Wildman–Crippen MR) is 70.3 cm³/mol. The summed E-state index contributed by atoms with van der Waals surface area (Å²) in [5.74, 6) is -0.139. The highest BCUT2D eigenvalue weighted by molar-refractivity contribution is 7.99. The molecular weight excluding hydrogens is 246 g/mol. The van der Waals surface area contributed by atoms with Crippen molar-refractivity contribution in [3.05, 3.63) is 53.6 Å². The quantitative estimate of drug-likeness (QED) is 0.796. The summed E-state index contributed by atoms with van der Waals surface area (Å²) in [7, 11) is 0. The van der Waals surface area contributed by atoms with Crippen LogP contribution in [0, 0.1) is 0 Å². The molecule has 0 unspecified atom stereocenters. The van der Waals surface area contributed by atoms with Gasteiger partial charge in [0.1, 0.15) is 6.29 Å². The highest BCUT2D eigenvalue weighted by atomic mass is 32.2. The number of hydrogen-bond acceptors (Lipinski definition) is 3. The Bertz CT molecular complexity index is 652. The molecule has 88 valence electrons. The lowest BCUT2D eigenvalue weighted by Gasteiger charge is -2.03. The molecule has 0 atom stereocenters. The molecule has 1 N–H and O–H groups in total. The van der Waals surface area contributed by atoms with Crippen molar-refractivity contribution < 1.29 is 9.59 Å². The van der Waals surface area contributed by atoms with E-state index in [1.165, 1.54) is 11.8 Å². The zero-order valence-electron chi connectivity index (χ0n) is 9.34. The molecule has 0 fully saturated rings. The third-order valence-electron chi connectivity index (χ3n) is 2.74. The third kappa shape index (κ3) is 1.80. The van der Waals surface area contributed by atoms with E-state index in [2.05, 4.69) is 5.32 Å². The van der Waals surface area contributed by atoms with Crippen LogP contribution in [0.25, 0.3) is 0 Å². The first-order chi connectivity index (χ1) is 8.78. The van der Waals surface area contributed by atoms with Gasteiger partial charge in [0.2, 0.25) is 0 Å². The van der Waals surface area contributed by atoms with Crippen molar-refractivity contribution in [1.82, 2.24) is 0 Å². The predicted octanol–water partition coefficient (Wildman–Crippen LogP) is 3.22. The van der Waals surface area contributed by atoms with Crippen molar-refractivity contribution in [3.63, 3.8) is 0 Å². The Labute approximate surface area is 108 Å². The van der Waals surface area contributed by atoms with Crippen molar-refractivity contribution in [1.29, 1.82) is 0 Å². The lowest BCUT2D eigenvalue weighted by molar-refractivity contribution is 0.102. The van der Waals surface area contributed by atoms with Crippen LogP contribution in [0.1, 0.15) is 20.7 Å². The highest BCUT2D eigenvalue weighted by Gasteiger charge is 2.19. The van der Waals surface area contributed by atoms with Gasteiger partial charge in [-0.3, -0.25) is 9.59 Å². The van der Waals surface area contributed by atoms with E-state index in [0.717, 1.165) is 21.8 Å². The molecule has 3 rings (SSSR count). The zero-order valence-corrected chi connectivity index (χ0v) is 10.2. The number of para-hydroxylation sites is 1. The molecular formula is C14H9NO2S. The Morgan fingerprint density at radius 3 is 2.72 bits per heavy atom. The number of hydrogen-bond donors (Lipinski definition) is 1. The first-order valence-electron chi connectivity index (χ1n) is 5.45. The van der Waals surface area contributed by atoms with E-state index < -0.39 is 0 Å². The average molecular weight is 255 g/mol. The number of benzene rings is 2. The van der Waals surface area contributed by atoms with Crippen LogP contribution in [-0.4, -0.2) is 12.2 Å². The molecule has 1 heterocycles. The molecule has 1 aliphatic rings. The van der Waals surface area contributed by atoms with E-state index in [4.69, 9.17) is 0 Å². The summed E-state index contributed by atoms with van der Waals surface area (Å²) in [6.45, 7) is 0. The summed E-state index contributed by atoms with van der Waals surface area (Å²) in [4.78, 5) is 24.6. The molecule has 3 nitrogen and oxygen atoms in total. The van der Waals surface area contributed by atoms with Gasteiger partial charge >= 0.3 is 0 Å². The van der Waals surface area contributed by atoms with Gasteiger partial charge in [0.15, 0.2) is 0 Å². The second-order valence-electron chi connectivity index (χ2n) is 3.93. The summed E-state index contributed by atoms with van der Waals surface area (Å²) < 4.78 is 0.